The monoisotopic (exact) mass is 356 g/mol. The van der Waals surface area contributed by atoms with Crippen LogP contribution in [0.1, 0.15) is 18.3 Å². The Balaban J connectivity index is 2.88. The predicted octanol–water partition coefficient (Wildman–Crippen LogP) is 3.58. The first-order valence-corrected chi connectivity index (χ1v) is 7.58. The molecule has 0 amide bonds. The molecule has 0 atom stereocenters. The van der Waals surface area contributed by atoms with E-state index in [1.54, 1.807) is 0 Å². The molecule has 0 saturated carbocycles. The summed E-state index contributed by atoms with van der Waals surface area (Å²) >= 11 is 13.3. The summed E-state index contributed by atoms with van der Waals surface area (Å²) in [6.45, 7) is 2.07. The third-order valence-corrected chi connectivity index (χ3v) is 4.69. The Hall–Kier alpha value is 0.460. The van der Waals surface area contributed by atoms with E-state index in [-0.39, 0.29) is 0 Å². The van der Waals surface area contributed by atoms with Gasteiger partial charge >= 0.3 is 0 Å². The molecule has 0 spiro atoms. The van der Waals surface area contributed by atoms with Gasteiger partial charge in [-0.1, -0.05) is 50.4 Å². The van der Waals surface area contributed by atoms with Crippen molar-refractivity contribution in [3.05, 3.63) is 16.4 Å². The lowest BCUT2D eigenvalue weighted by Gasteiger charge is -2.10. The van der Waals surface area contributed by atoms with Gasteiger partial charge in [-0.15, -0.1) is 0 Å². The topological polar surface area (TPSA) is 17.8 Å². The first-order chi connectivity index (χ1) is 7.13. The Morgan fingerprint density at radius 2 is 2.00 bits per heavy atom. The van der Waals surface area contributed by atoms with Crippen LogP contribution in [-0.4, -0.2) is 20.4 Å². The molecule has 0 N–H and O–H groups in total. The van der Waals surface area contributed by atoms with E-state index in [4.69, 9.17) is 11.6 Å². The van der Waals surface area contributed by atoms with E-state index < -0.39 is 0 Å². The number of nitrogens with zero attached hydrogens (tertiary/aromatic N) is 2. The van der Waals surface area contributed by atoms with E-state index in [9.17, 15) is 0 Å². The van der Waals surface area contributed by atoms with Gasteiger partial charge in [-0.2, -0.15) is 5.10 Å². The minimum absolute atomic E-state index is 0.558. The largest absolute Gasteiger partial charge is 0.271 e. The highest BCUT2D eigenvalue weighted by atomic mass is 79.9. The maximum Gasteiger partial charge on any atom is 0.0849 e. The van der Waals surface area contributed by atoms with Crippen molar-refractivity contribution < 1.29 is 0 Å². The molecule has 1 rings (SSSR count). The molecular formula is C10H15Br2ClN2. The van der Waals surface area contributed by atoms with Gasteiger partial charge in [0.15, 0.2) is 0 Å². The van der Waals surface area contributed by atoms with Crippen molar-refractivity contribution in [3.63, 3.8) is 0 Å². The Labute approximate surface area is 113 Å². The van der Waals surface area contributed by atoms with Crippen LogP contribution in [0.3, 0.4) is 0 Å². The number of rotatable bonds is 5. The smallest absolute Gasteiger partial charge is 0.0849 e. The molecule has 0 aliphatic rings. The van der Waals surface area contributed by atoms with Crippen LogP contribution in [0, 0.1) is 5.92 Å². The van der Waals surface area contributed by atoms with Crippen LogP contribution < -0.4 is 0 Å². The van der Waals surface area contributed by atoms with Gasteiger partial charge in [-0.25, -0.2) is 0 Å². The first kappa shape index (κ1) is 13.5. The molecule has 0 fully saturated rings. The first-order valence-electron chi connectivity index (χ1n) is 4.96. The zero-order valence-corrected chi connectivity index (χ0v) is 12.9. The third kappa shape index (κ3) is 3.21. The lowest BCUT2D eigenvalue weighted by molar-refractivity contribution is 0.613. The standard InChI is InChI=1S/C10H15Br2ClN2/c1-3-8-10(13)9(15(2)14-8)4-7(5-11)6-12/h7H,3-6H2,1-2H3. The highest BCUT2D eigenvalue weighted by Crippen LogP contribution is 2.24. The summed E-state index contributed by atoms with van der Waals surface area (Å²) in [6, 6.07) is 0. The number of aryl methyl sites for hydroxylation is 2. The highest BCUT2D eigenvalue weighted by molar-refractivity contribution is 9.09. The van der Waals surface area contributed by atoms with E-state index in [1.165, 1.54) is 0 Å². The van der Waals surface area contributed by atoms with Crippen molar-refractivity contribution in [2.75, 3.05) is 10.7 Å². The molecule has 0 unspecified atom stereocenters. The third-order valence-electron chi connectivity index (χ3n) is 2.42. The van der Waals surface area contributed by atoms with Crippen molar-refractivity contribution in [2.24, 2.45) is 13.0 Å². The minimum Gasteiger partial charge on any atom is -0.271 e. The van der Waals surface area contributed by atoms with Gasteiger partial charge in [0.05, 0.1) is 16.4 Å². The fourth-order valence-electron chi connectivity index (χ4n) is 1.47. The molecule has 2 nitrogen and oxygen atoms in total. The molecule has 0 aliphatic carbocycles. The summed E-state index contributed by atoms with van der Waals surface area (Å²) < 4.78 is 1.90. The summed E-state index contributed by atoms with van der Waals surface area (Å²) in [5.74, 6) is 0.558. The molecule has 15 heavy (non-hydrogen) atoms. The predicted molar refractivity (Wildman–Crippen MR) is 72.4 cm³/mol. The van der Waals surface area contributed by atoms with Gasteiger partial charge in [-0.3, -0.25) is 4.68 Å². The molecule has 1 heterocycles. The van der Waals surface area contributed by atoms with Gasteiger partial charge in [0, 0.05) is 17.7 Å². The highest BCUT2D eigenvalue weighted by Gasteiger charge is 2.16. The van der Waals surface area contributed by atoms with Crippen LogP contribution in [-0.2, 0) is 19.9 Å². The summed E-state index contributed by atoms with van der Waals surface area (Å²) in [6.07, 6.45) is 1.85. The van der Waals surface area contributed by atoms with E-state index in [0.29, 0.717) is 5.92 Å². The summed E-state index contributed by atoms with van der Waals surface area (Å²) in [5.41, 5.74) is 2.13. The van der Waals surface area contributed by atoms with E-state index in [2.05, 4.69) is 43.9 Å². The fraction of sp³-hybridized carbons (Fsp3) is 0.700. The van der Waals surface area contributed by atoms with Crippen LogP contribution in [0.5, 0.6) is 0 Å². The lowest BCUT2D eigenvalue weighted by atomic mass is 10.1. The van der Waals surface area contributed by atoms with E-state index in [0.717, 1.165) is 39.9 Å². The maximum atomic E-state index is 6.27. The molecule has 1 aromatic heterocycles. The lowest BCUT2D eigenvalue weighted by Crippen LogP contribution is -2.11. The van der Waals surface area contributed by atoms with Gasteiger partial charge in [0.1, 0.15) is 0 Å². The van der Waals surface area contributed by atoms with Crippen molar-refractivity contribution in [2.45, 2.75) is 19.8 Å². The molecule has 1 aromatic rings. The second kappa shape index (κ2) is 6.26. The van der Waals surface area contributed by atoms with Crippen LogP contribution in [0.25, 0.3) is 0 Å². The molecule has 0 aromatic carbocycles. The summed E-state index contributed by atoms with van der Waals surface area (Å²) in [5, 5.41) is 7.19. The molecule has 86 valence electrons. The summed E-state index contributed by atoms with van der Waals surface area (Å²) in [4.78, 5) is 0. The van der Waals surface area contributed by atoms with Crippen molar-refractivity contribution in [3.8, 4) is 0 Å². The van der Waals surface area contributed by atoms with Gasteiger partial charge in [0.2, 0.25) is 0 Å². The minimum atomic E-state index is 0.558. The molecule has 0 aliphatic heterocycles. The van der Waals surface area contributed by atoms with Crippen LogP contribution in [0.15, 0.2) is 0 Å². The zero-order chi connectivity index (χ0) is 11.4. The van der Waals surface area contributed by atoms with Gasteiger partial charge in [0.25, 0.3) is 0 Å². The maximum absolute atomic E-state index is 6.27. The second-order valence-electron chi connectivity index (χ2n) is 3.56. The SMILES string of the molecule is CCc1nn(C)c(CC(CBr)CBr)c1Cl. The van der Waals surface area contributed by atoms with Crippen molar-refractivity contribution in [1.82, 2.24) is 9.78 Å². The summed E-state index contributed by atoms with van der Waals surface area (Å²) in [7, 11) is 1.96. The Morgan fingerprint density at radius 3 is 2.40 bits per heavy atom. The number of hydrogen-bond donors (Lipinski definition) is 0. The average molecular weight is 359 g/mol. The van der Waals surface area contributed by atoms with Crippen LogP contribution in [0.4, 0.5) is 0 Å². The second-order valence-corrected chi connectivity index (χ2v) is 5.24. The van der Waals surface area contributed by atoms with Gasteiger partial charge < -0.3 is 0 Å². The number of alkyl halides is 2. The number of hydrogen-bond acceptors (Lipinski definition) is 1. The quantitative estimate of drug-likeness (QED) is 0.736. The van der Waals surface area contributed by atoms with Crippen LogP contribution >= 0.6 is 43.5 Å². The fourth-order valence-corrected chi connectivity index (χ4v) is 3.37. The van der Waals surface area contributed by atoms with Gasteiger partial charge in [-0.05, 0) is 18.8 Å². The number of halogens is 3. The van der Waals surface area contributed by atoms with E-state index >= 15 is 0 Å². The Kier molecular flexibility index (Phi) is 5.64. The Bertz CT molecular complexity index is 321. The number of aromatic nitrogens is 2. The van der Waals surface area contributed by atoms with E-state index in [1.807, 2.05) is 11.7 Å². The molecule has 0 bridgehead atoms. The van der Waals surface area contributed by atoms with Crippen LogP contribution in [0.2, 0.25) is 5.02 Å². The zero-order valence-electron chi connectivity index (χ0n) is 8.93. The van der Waals surface area contributed by atoms with Crippen molar-refractivity contribution in [1.29, 1.82) is 0 Å². The molecule has 0 saturated heterocycles. The molecule has 0 radical (unpaired) electrons. The molecule has 5 heteroatoms. The van der Waals surface area contributed by atoms with Crippen molar-refractivity contribution >= 4 is 43.5 Å². The normalized spacial score (nSPS) is 11.3. The Morgan fingerprint density at radius 1 is 1.40 bits per heavy atom. The molecular weight excluding hydrogens is 343 g/mol. The average Bonchev–Trinajstić information content (AvgIpc) is 2.51.